The third kappa shape index (κ3) is 1.79. The number of ether oxygens (including phenoxy) is 2. The Morgan fingerprint density at radius 3 is 2.35 bits per heavy atom. The maximum atomic E-state index is 12.8. The minimum absolute atomic E-state index is 0.0233. The molecule has 2 aliphatic rings. The zero-order chi connectivity index (χ0) is 14.4. The summed E-state index contributed by atoms with van der Waals surface area (Å²) >= 11 is 0. The fourth-order valence-corrected chi connectivity index (χ4v) is 3.15. The number of benzene rings is 1. The molecule has 2 aliphatic heterocycles. The smallest absolute Gasteiger partial charge is 0.234 e. The van der Waals surface area contributed by atoms with Gasteiger partial charge in [-0.2, -0.15) is 0 Å². The van der Waals surface area contributed by atoms with Crippen molar-refractivity contribution in [3.8, 4) is 0 Å². The van der Waals surface area contributed by atoms with Crippen LogP contribution >= 0.6 is 0 Å². The van der Waals surface area contributed by atoms with Gasteiger partial charge in [-0.05, 0) is 26.3 Å². The highest BCUT2D eigenvalue weighted by Gasteiger charge is 2.63. The molecule has 2 fully saturated rings. The fraction of sp³-hybridized carbons (Fsp3) is 0.562. The molecule has 108 valence electrons. The van der Waals surface area contributed by atoms with Crippen molar-refractivity contribution in [3.63, 3.8) is 0 Å². The summed E-state index contributed by atoms with van der Waals surface area (Å²) in [5.41, 5.74) is 0.485. The van der Waals surface area contributed by atoms with Gasteiger partial charge in [0.15, 0.2) is 5.79 Å². The van der Waals surface area contributed by atoms with Crippen LogP contribution in [0.3, 0.4) is 0 Å². The average Bonchev–Trinajstić information content (AvgIpc) is 3.00. The lowest BCUT2D eigenvalue weighted by molar-refractivity contribution is -0.202. The highest BCUT2D eigenvalue weighted by atomic mass is 16.7. The van der Waals surface area contributed by atoms with Gasteiger partial charge >= 0.3 is 0 Å². The molecule has 0 bridgehead atoms. The zero-order valence-corrected chi connectivity index (χ0v) is 12.3. The first-order chi connectivity index (χ1) is 9.48. The molecule has 1 aromatic rings. The molecule has 1 spiro atoms. The molecule has 2 heterocycles. The second kappa shape index (κ2) is 4.57. The zero-order valence-electron chi connectivity index (χ0n) is 12.3. The fourth-order valence-electron chi connectivity index (χ4n) is 3.15. The summed E-state index contributed by atoms with van der Waals surface area (Å²) in [6.07, 6.45) is 0. The van der Waals surface area contributed by atoms with Crippen LogP contribution in [-0.4, -0.2) is 36.4 Å². The Labute approximate surface area is 119 Å². The molecule has 20 heavy (non-hydrogen) atoms. The quantitative estimate of drug-likeness (QED) is 0.831. The first-order valence-corrected chi connectivity index (χ1v) is 7.12. The third-order valence-corrected chi connectivity index (χ3v) is 4.63. The van der Waals surface area contributed by atoms with Gasteiger partial charge < -0.3 is 14.4 Å². The van der Waals surface area contributed by atoms with E-state index >= 15 is 0 Å². The number of carbonyl (C=O) groups is 1. The van der Waals surface area contributed by atoms with E-state index in [4.69, 9.17) is 9.47 Å². The van der Waals surface area contributed by atoms with Crippen LogP contribution in [0.25, 0.3) is 0 Å². The van der Waals surface area contributed by atoms with E-state index in [0.29, 0.717) is 19.8 Å². The summed E-state index contributed by atoms with van der Waals surface area (Å²) in [6, 6.07) is 10.1. The highest BCUT2D eigenvalue weighted by Crippen LogP contribution is 2.47. The van der Waals surface area contributed by atoms with Crippen LogP contribution in [0.2, 0.25) is 0 Å². The van der Waals surface area contributed by atoms with Crippen LogP contribution in [0, 0.1) is 5.41 Å². The molecule has 0 N–H and O–H groups in total. The minimum atomic E-state index is -0.785. The van der Waals surface area contributed by atoms with E-state index in [1.807, 2.05) is 49.1 Å². The monoisotopic (exact) mass is 275 g/mol. The molecular formula is C16H21NO3. The first kappa shape index (κ1) is 13.6. The predicted octanol–water partition coefficient (Wildman–Crippen LogP) is 2.36. The maximum Gasteiger partial charge on any atom is 0.234 e. The maximum absolute atomic E-state index is 12.8. The van der Waals surface area contributed by atoms with Crippen molar-refractivity contribution >= 4 is 5.91 Å². The Kier molecular flexibility index (Phi) is 3.10. The predicted molar refractivity (Wildman–Crippen MR) is 75.0 cm³/mol. The number of likely N-dealkylation sites (tertiary alicyclic amines) is 1. The van der Waals surface area contributed by atoms with E-state index in [2.05, 4.69) is 6.92 Å². The molecule has 1 amide bonds. The van der Waals surface area contributed by atoms with Gasteiger partial charge in [0, 0.05) is 0 Å². The van der Waals surface area contributed by atoms with Gasteiger partial charge in [-0.1, -0.05) is 30.3 Å². The molecular weight excluding hydrogens is 254 g/mol. The number of hydrogen-bond acceptors (Lipinski definition) is 3. The second-order valence-corrected chi connectivity index (χ2v) is 6.09. The first-order valence-electron chi connectivity index (χ1n) is 7.12. The number of nitrogens with zero attached hydrogens (tertiary/aromatic N) is 1. The van der Waals surface area contributed by atoms with Crippen LogP contribution < -0.4 is 0 Å². The van der Waals surface area contributed by atoms with Crippen LogP contribution in [-0.2, 0) is 14.3 Å². The standard InChI is InChI=1S/C16H21NO3/c1-12(13-7-5-4-6-8-13)17-11-16(19-9-10-20-16)15(2,3)14(17)18/h4-8,12H,9-11H2,1-3H3. The Balaban J connectivity index is 1.91. The van der Waals surface area contributed by atoms with Gasteiger partial charge in [-0.15, -0.1) is 0 Å². The lowest BCUT2D eigenvalue weighted by atomic mass is 9.85. The van der Waals surface area contributed by atoms with E-state index in [-0.39, 0.29) is 11.9 Å². The van der Waals surface area contributed by atoms with Gasteiger partial charge in [0.1, 0.15) is 0 Å². The molecule has 0 radical (unpaired) electrons. The molecule has 1 atom stereocenters. The molecule has 0 aliphatic carbocycles. The van der Waals surface area contributed by atoms with Crippen LogP contribution in [0.5, 0.6) is 0 Å². The minimum Gasteiger partial charge on any atom is -0.345 e. The lowest BCUT2D eigenvalue weighted by Gasteiger charge is -2.32. The summed E-state index contributed by atoms with van der Waals surface area (Å²) in [5, 5.41) is 0. The summed E-state index contributed by atoms with van der Waals surface area (Å²) in [6.45, 7) is 7.50. The van der Waals surface area contributed by atoms with Crippen molar-refractivity contribution in [2.75, 3.05) is 19.8 Å². The van der Waals surface area contributed by atoms with Crippen molar-refractivity contribution < 1.29 is 14.3 Å². The average molecular weight is 275 g/mol. The van der Waals surface area contributed by atoms with E-state index in [0.717, 1.165) is 5.56 Å². The SMILES string of the molecule is CC(c1ccccc1)N1CC2(OCCO2)C(C)(C)C1=O. The van der Waals surface area contributed by atoms with E-state index < -0.39 is 11.2 Å². The Morgan fingerprint density at radius 1 is 1.15 bits per heavy atom. The topological polar surface area (TPSA) is 38.8 Å². The molecule has 4 heteroatoms. The summed E-state index contributed by atoms with van der Waals surface area (Å²) < 4.78 is 11.6. The van der Waals surface area contributed by atoms with Gasteiger partial charge in [0.05, 0.1) is 31.2 Å². The Bertz CT molecular complexity index is 506. The van der Waals surface area contributed by atoms with Crippen molar-refractivity contribution in [2.45, 2.75) is 32.6 Å². The molecule has 1 aromatic carbocycles. The summed E-state index contributed by atoms with van der Waals surface area (Å²) in [7, 11) is 0. The van der Waals surface area contributed by atoms with Gasteiger partial charge in [-0.3, -0.25) is 4.79 Å². The largest absolute Gasteiger partial charge is 0.345 e. The number of amides is 1. The van der Waals surface area contributed by atoms with E-state index in [9.17, 15) is 4.79 Å². The lowest BCUT2D eigenvalue weighted by Crippen LogP contribution is -2.46. The van der Waals surface area contributed by atoms with E-state index in [1.54, 1.807) is 0 Å². The van der Waals surface area contributed by atoms with Crippen molar-refractivity contribution in [1.29, 1.82) is 0 Å². The number of hydrogen-bond donors (Lipinski definition) is 0. The van der Waals surface area contributed by atoms with Crippen LogP contribution in [0.4, 0.5) is 0 Å². The van der Waals surface area contributed by atoms with Crippen molar-refractivity contribution in [2.24, 2.45) is 5.41 Å². The molecule has 0 aromatic heterocycles. The Hall–Kier alpha value is -1.39. The highest BCUT2D eigenvalue weighted by molar-refractivity contribution is 5.86. The summed E-state index contributed by atoms with van der Waals surface area (Å²) in [5.74, 6) is -0.691. The van der Waals surface area contributed by atoms with Gasteiger partial charge in [0.2, 0.25) is 5.91 Å². The Morgan fingerprint density at radius 2 is 1.75 bits per heavy atom. The molecule has 1 unspecified atom stereocenters. The second-order valence-electron chi connectivity index (χ2n) is 6.09. The van der Waals surface area contributed by atoms with Crippen LogP contribution in [0.15, 0.2) is 30.3 Å². The molecule has 2 saturated heterocycles. The van der Waals surface area contributed by atoms with Crippen molar-refractivity contribution in [1.82, 2.24) is 4.90 Å². The number of rotatable bonds is 2. The van der Waals surface area contributed by atoms with Gasteiger partial charge in [0.25, 0.3) is 0 Å². The van der Waals surface area contributed by atoms with Crippen LogP contribution in [0.1, 0.15) is 32.4 Å². The molecule has 4 nitrogen and oxygen atoms in total. The molecule has 0 saturated carbocycles. The normalized spacial score (nSPS) is 25.4. The number of carbonyl (C=O) groups excluding carboxylic acids is 1. The van der Waals surface area contributed by atoms with E-state index in [1.165, 1.54) is 0 Å². The summed E-state index contributed by atoms with van der Waals surface area (Å²) in [4.78, 5) is 14.6. The molecule has 3 rings (SSSR count). The van der Waals surface area contributed by atoms with Crippen molar-refractivity contribution in [3.05, 3.63) is 35.9 Å². The third-order valence-electron chi connectivity index (χ3n) is 4.63. The van der Waals surface area contributed by atoms with Gasteiger partial charge in [-0.25, -0.2) is 0 Å².